The minimum atomic E-state index is -0.248. The SMILES string of the molecule is CC(=O)c1cc(C(=O)Nc2ccc(-c3csc(C)n3)cc2)n(C)c1. The summed E-state index contributed by atoms with van der Waals surface area (Å²) in [5, 5.41) is 5.88. The summed E-state index contributed by atoms with van der Waals surface area (Å²) in [5.41, 5.74) is 3.61. The van der Waals surface area contributed by atoms with Crippen molar-refractivity contribution in [1.82, 2.24) is 9.55 Å². The van der Waals surface area contributed by atoms with E-state index in [1.807, 2.05) is 36.6 Å². The monoisotopic (exact) mass is 339 g/mol. The molecule has 0 unspecified atom stereocenters. The molecule has 24 heavy (non-hydrogen) atoms. The summed E-state index contributed by atoms with van der Waals surface area (Å²) in [5.74, 6) is -0.310. The molecule has 1 amide bonds. The first kappa shape index (κ1) is 16.1. The summed E-state index contributed by atoms with van der Waals surface area (Å²) in [6.07, 6.45) is 1.66. The normalized spacial score (nSPS) is 10.6. The van der Waals surface area contributed by atoms with E-state index < -0.39 is 0 Å². The molecule has 0 bridgehead atoms. The van der Waals surface area contributed by atoms with Crippen LogP contribution in [0.25, 0.3) is 11.3 Å². The molecule has 0 aliphatic rings. The fraction of sp³-hybridized carbons (Fsp3) is 0.167. The van der Waals surface area contributed by atoms with Crippen LogP contribution in [0.1, 0.15) is 32.8 Å². The molecule has 0 saturated heterocycles. The fourth-order valence-electron chi connectivity index (χ4n) is 2.40. The van der Waals surface area contributed by atoms with Crippen LogP contribution < -0.4 is 5.32 Å². The average molecular weight is 339 g/mol. The van der Waals surface area contributed by atoms with E-state index in [0.29, 0.717) is 16.9 Å². The van der Waals surface area contributed by atoms with E-state index in [1.165, 1.54) is 6.92 Å². The summed E-state index contributed by atoms with van der Waals surface area (Å²) in [4.78, 5) is 28.2. The van der Waals surface area contributed by atoms with E-state index in [-0.39, 0.29) is 11.7 Å². The summed E-state index contributed by atoms with van der Waals surface area (Å²) in [6, 6.07) is 9.14. The first-order valence-corrected chi connectivity index (χ1v) is 8.33. The molecule has 3 rings (SSSR count). The molecule has 1 aromatic carbocycles. The zero-order valence-corrected chi connectivity index (χ0v) is 14.5. The van der Waals surface area contributed by atoms with Crippen LogP contribution in [-0.2, 0) is 7.05 Å². The van der Waals surface area contributed by atoms with Gasteiger partial charge in [-0.15, -0.1) is 11.3 Å². The molecule has 0 spiro atoms. The predicted molar refractivity (Wildman–Crippen MR) is 95.7 cm³/mol. The largest absolute Gasteiger partial charge is 0.346 e. The lowest BCUT2D eigenvalue weighted by atomic mass is 10.1. The molecule has 0 aliphatic carbocycles. The number of nitrogens with one attached hydrogen (secondary N) is 1. The van der Waals surface area contributed by atoms with E-state index in [9.17, 15) is 9.59 Å². The number of amides is 1. The number of carbonyl (C=O) groups is 2. The summed E-state index contributed by atoms with van der Waals surface area (Å²) < 4.78 is 1.65. The number of benzene rings is 1. The highest BCUT2D eigenvalue weighted by Gasteiger charge is 2.14. The number of aryl methyl sites for hydroxylation is 2. The van der Waals surface area contributed by atoms with Gasteiger partial charge in [-0.05, 0) is 32.0 Å². The molecule has 6 heteroatoms. The van der Waals surface area contributed by atoms with E-state index >= 15 is 0 Å². The zero-order valence-electron chi connectivity index (χ0n) is 13.7. The molecule has 0 aliphatic heterocycles. The lowest BCUT2D eigenvalue weighted by molar-refractivity contribution is 0.101. The smallest absolute Gasteiger partial charge is 0.272 e. The topological polar surface area (TPSA) is 64.0 Å². The van der Waals surface area contributed by atoms with Crippen molar-refractivity contribution in [1.29, 1.82) is 0 Å². The maximum atomic E-state index is 12.4. The maximum absolute atomic E-state index is 12.4. The molecule has 1 N–H and O–H groups in total. The summed E-state index contributed by atoms with van der Waals surface area (Å²) in [6.45, 7) is 3.45. The Kier molecular flexibility index (Phi) is 4.31. The maximum Gasteiger partial charge on any atom is 0.272 e. The lowest BCUT2D eigenvalue weighted by Gasteiger charge is -2.06. The minimum absolute atomic E-state index is 0.0624. The van der Waals surface area contributed by atoms with Crippen LogP contribution >= 0.6 is 11.3 Å². The highest BCUT2D eigenvalue weighted by Crippen LogP contribution is 2.23. The van der Waals surface area contributed by atoms with Gasteiger partial charge in [0.2, 0.25) is 0 Å². The zero-order chi connectivity index (χ0) is 17.3. The van der Waals surface area contributed by atoms with Gasteiger partial charge in [0.05, 0.1) is 10.7 Å². The van der Waals surface area contributed by atoms with Crippen LogP contribution in [0.2, 0.25) is 0 Å². The van der Waals surface area contributed by atoms with Crippen LogP contribution in [-0.4, -0.2) is 21.2 Å². The van der Waals surface area contributed by atoms with Gasteiger partial charge in [0.1, 0.15) is 5.69 Å². The van der Waals surface area contributed by atoms with Crippen LogP contribution in [0, 0.1) is 6.92 Å². The van der Waals surface area contributed by atoms with Gasteiger partial charge in [-0.1, -0.05) is 12.1 Å². The van der Waals surface area contributed by atoms with Gasteiger partial charge in [0, 0.05) is 35.4 Å². The lowest BCUT2D eigenvalue weighted by Crippen LogP contribution is -2.15. The molecule has 0 atom stereocenters. The fourth-order valence-corrected chi connectivity index (χ4v) is 3.02. The molecule has 122 valence electrons. The van der Waals surface area contributed by atoms with Gasteiger partial charge in [0.15, 0.2) is 5.78 Å². The molecule has 3 aromatic rings. The number of aromatic nitrogens is 2. The van der Waals surface area contributed by atoms with Crippen molar-refractivity contribution in [2.24, 2.45) is 7.05 Å². The number of Topliss-reactive ketones (excluding diaryl/α,β-unsaturated/α-hetero) is 1. The minimum Gasteiger partial charge on any atom is -0.346 e. The van der Waals surface area contributed by atoms with Crippen molar-refractivity contribution in [3.63, 3.8) is 0 Å². The molecular weight excluding hydrogens is 322 g/mol. The molecule has 0 saturated carbocycles. The van der Waals surface area contributed by atoms with Gasteiger partial charge < -0.3 is 9.88 Å². The van der Waals surface area contributed by atoms with Gasteiger partial charge in [-0.3, -0.25) is 9.59 Å². The van der Waals surface area contributed by atoms with Crippen molar-refractivity contribution >= 4 is 28.7 Å². The Balaban J connectivity index is 1.76. The van der Waals surface area contributed by atoms with Crippen molar-refractivity contribution in [2.45, 2.75) is 13.8 Å². The highest BCUT2D eigenvalue weighted by atomic mass is 32.1. The Morgan fingerprint density at radius 3 is 2.46 bits per heavy atom. The molecule has 2 aromatic heterocycles. The summed E-state index contributed by atoms with van der Waals surface area (Å²) >= 11 is 1.61. The molecule has 0 fully saturated rings. The van der Waals surface area contributed by atoms with Gasteiger partial charge in [-0.2, -0.15) is 0 Å². The number of hydrogen-bond donors (Lipinski definition) is 1. The van der Waals surface area contributed by atoms with Crippen molar-refractivity contribution < 1.29 is 9.59 Å². The van der Waals surface area contributed by atoms with E-state index in [2.05, 4.69) is 10.3 Å². The van der Waals surface area contributed by atoms with Crippen molar-refractivity contribution in [2.75, 3.05) is 5.32 Å². The number of nitrogens with zero attached hydrogens (tertiary/aromatic N) is 2. The third-order valence-electron chi connectivity index (χ3n) is 3.70. The van der Waals surface area contributed by atoms with E-state index in [1.54, 1.807) is 35.2 Å². The predicted octanol–water partition coefficient (Wildman–Crippen LogP) is 3.91. The van der Waals surface area contributed by atoms with Crippen LogP contribution in [0.3, 0.4) is 0 Å². The number of hydrogen-bond acceptors (Lipinski definition) is 4. The first-order chi connectivity index (χ1) is 11.4. The molecule has 0 radical (unpaired) electrons. The van der Waals surface area contributed by atoms with Crippen molar-refractivity contribution in [3.8, 4) is 11.3 Å². The Bertz CT molecular complexity index is 907. The van der Waals surface area contributed by atoms with E-state index in [4.69, 9.17) is 0 Å². The van der Waals surface area contributed by atoms with Gasteiger partial charge >= 0.3 is 0 Å². The highest BCUT2D eigenvalue weighted by molar-refractivity contribution is 7.09. The first-order valence-electron chi connectivity index (χ1n) is 7.45. The molecular formula is C18H17N3O2S. The molecule has 2 heterocycles. The number of carbonyl (C=O) groups excluding carboxylic acids is 2. The third-order valence-corrected chi connectivity index (χ3v) is 4.48. The Labute approximate surface area is 144 Å². The number of rotatable bonds is 4. The van der Waals surface area contributed by atoms with Crippen molar-refractivity contribution in [3.05, 3.63) is 58.2 Å². The summed E-state index contributed by atoms with van der Waals surface area (Å²) in [7, 11) is 1.75. The second-order valence-electron chi connectivity index (χ2n) is 5.56. The Morgan fingerprint density at radius 1 is 1.21 bits per heavy atom. The second kappa shape index (κ2) is 6.41. The van der Waals surface area contributed by atoms with Crippen LogP contribution in [0.4, 0.5) is 5.69 Å². The van der Waals surface area contributed by atoms with Gasteiger partial charge in [0.25, 0.3) is 5.91 Å². The third kappa shape index (κ3) is 3.28. The second-order valence-corrected chi connectivity index (χ2v) is 6.63. The number of anilines is 1. The number of thiazole rings is 1. The van der Waals surface area contributed by atoms with Crippen LogP contribution in [0.15, 0.2) is 41.9 Å². The van der Waals surface area contributed by atoms with Gasteiger partial charge in [-0.25, -0.2) is 4.98 Å². The average Bonchev–Trinajstić information content (AvgIpc) is 3.14. The Morgan fingerprint density at radius 2 is 1.92 bits per heavy atom. The standard InChI is InChI=1S/C18H17N3O2S/c1-11(22)14-8-17(21(3)9-14)18(23)20-15-6-4-13(5-7-15)16-10-24-12(2)19-16/h4-10H,1-3H3,(H,20,23). The Hall–Kier alpha value is -2.73. The van der Waals surface area contributed by atoms with Crippen LogP contribution in [0.5, 0.6) is 0 Å². The number of ketones is 1. The molecule has 5 nitrogen and oxygen atoms in total. The van der Waals surface area contributed by atoms with E-state index in [0.717, 1.165) is 16.3 Å². The quantitative estimate of drug-likeness (QED) is 0.733.